The Bertz CT molecular complexity index is 241. The molecule has 0 aliphatic carbocycles. The lowest BCUT2D eigenvalue weighted by Gasteiger charge is -2.14. The molecule has 1 unspecified atom stereocenters. The maximum absolute atomic E-state index is 4.06. The molecule has 0 spiro atoms. The Morgan fingerprint density at radius 3 is 2.58 bits per heavy atom. The monoisotopic (exact) mass is 168 g/mol. The third kappa shape index (κ3) is 1.64. The van der Waals surface area contributed by atoms with E-state index in [1.54, 1.807) is 6.33 Å². The van der Waals surface area contributed by atoms with Gasteiger partial charge in [-0.1, -0.05) is 0 Å². The average molecular weight is 168 g/mol. The van der Waals surface area contributed by atoms with Gasteiger partial charge in [-0.05, 0) is 27.8 Å². The average Bonchev–Trinajstić information content (AvgIpc) is 2.50. The first-order valence-electron chi connectivity index (χ1n) is 4.23. The maximum atomic E-state index is 4.06. The maximum Gasteiger partial charge on any atom is 0.149 e. The first-order valence-corrected chi connectivity index (χ1v) is 4.23. The van der Waals surface area contributed by atoms with Crippen molar-refractivity contribution >= 4 is 0 Å². The van der Waals surface area contributed by atoms with E-state index in [0.717, 1.165) is 5.82 Å². The number of hydrogen-bond donors (Lipinski definition) is 1. The molecule has 1 aromatic rings. The quantitative estimate of drug-likeness (QED) is 0.736. The zero-order chi connectivity index (χ0) is 9.14. The van der Waals surface area contributed by atoms with Crippen LogP contribution in [0.3, 0.4) is 0 Å². The number of rotatable bonds is 3. The van der Waals surface area contributed by atoms with E-state index in [1.807, 2.05) is 7.05 Å². The summed E-state index contributed by atoms with van der Waals surface area (Å²) in [6.45, 7) is 6.31. The molecule has 4 heteroatoms. The van der Waals surface area contributed by atoms with E-state index < -0.39 is 0 Å². The number of nitrogens with zero attached hydrogens (tertiary/aromatic N) is 3. The summed E-state index contributed by atoms with van der Waals surface area (Å²) in [5, 5.41) is 11.1. The third-order valence-electron chi connectivity index (χ3n) is 1.98. The summed E-state index contributed by atoms with van der Waals surface area (Å²) in [4.78, 5) is 0. The zero-order valence-corrected chi connectivity index (χ0v) is 8.07. The Kier molecular flexibility index (Phi) is 2.81. The van der Waals surface area contributed by atoms with Crippen LogP contribution in [-0.4, -0.2) is 21.8 Å². The van der Waals surface area contributed by atoms with Gasteiger partial charge in [-0.15, -0.1) is 10.2 Å². The molecule has 1 heterocycles. The van der Waals surface area contributed by atoms with Crippen LogP contribution in [0.1, 0.15) is 38.7 Å². The van der Waals surface area contributed by atoms with Crippen molar-refractivity contribution in [2.45, 2.75) is 32.9 Å². The molecule has 0 bridgehead atoms. The zero-order valence-electron chi connectivity index (χ0n) is 8.07. The van der Waals surface area contributed by atoms with E-state index in [-0.39, 0.29) is 6.04 Å². The second kappa shape index (κ2) is 3.67. The summed E-state index contributed by atoms with van der Waals surface area (Å²) in [7, 11) is 1.92. The lowest BCUT2D eigenvalue weighted by molar-refractivity contribution is 0.510. The van der Waals surface area contributed by atoms with Crippen molar-refractivity contribution in [3.05, 3.63) is 12.2 Å². The van der Waals surface area contributed by atoms with Gasteiger partial charge < -0.3 is 9.88 Å². The van der Waals surface area contributed by atoms with Gasteiger partial charge in [-0.3, -0.25) is 0 Å². The van der Waals surface area contributed by atoms with E-state index in [9.17, 15) is 0 Å². The lowest BCUT2D eigenvalue weighted by Crippen LogP contribution is -2.18. The summed E-state index contributed by atoms with van der Waals surface area (Å²) >= 11 is 0. The molecular weight excluding hydrogens is 152 g/mol. The standard InChI is InChI=1S/C8H16N4/c1-6(2)12-5-10-11-8(12)7(3)9-4/h5-7,9H,1-4H3. The highest BCUT2D eigenvalue weighted by atomic mass is 15.3. The summed E-state index contributed by atoms with van der Waals surface area (Å²) in [6.07, 6.45) is 1.77. The smallest absolute Gasteiger partial charge is 0.149 e. The minimum absolute atomic E-state index is 0.259. The van der Waals surface area contributed by atoms with E-state index in [1.165, 1.54) is 0 Å². The highest BCUT2D eigenvalue weighted by Crippen LogP contribution is 2.12. The first-order chi connectivity index (χ1) is 5.66. The molecule has 0 aromatic carbocycles. The molecule has 0 aliphatic heterocycles. The van der Waals surface area contributed by atoms with Gasteiger partial charge in [0.15, 0.2) is 0 Å². The molecule has 1 atom stereocenters. The van der Waals surface area contributed by atoms with E-state index in [2.05, 4.69) is 40.9 Å². The van der Waals surface area contributed by atoms with Gasteiger partial charge in [0.1, 0.15) is 12.2 Å². The predicted octanol–water partition coefficient (Wildman–Crippen LogP) is 1.14. The highest BCUT2D eigenvalue weighted by Gasteiger charge is 2.12. The summed E-state index contributed by atoms with van der Waals surface area (Å²) in [6, 6.07) is 0.681. The van der Waals surface area contributed by atoms with Crippen LogP contribution >= 0.6 is 0 Å². The van der Waals surface area contributed by atoms with Gasteiger partial charge in [0.05, 0.1) is 6.04 Å². The van der Waals surface area contributed by atoms with Gasteiger partial charge in [-0.2, -0.15) is 0 Å². The number of nitrogens with one attached hydrogen (secondary N) is 1. The van der Waals surface area contributed by atoms with Crippen molar-refractivity contribution in [1.82, 2.24) is 20.1 Å². The largest absolute Gasteiger partial charge is 0.314 e. The molecule has 4 nitrogen and oxygen atoms in total. The Labute approximate surface area is 73.0 Å². The minimum Gasteiger partial charge on any atom is -0.314 e. The van der Waals surface area contributed by atoms with E-state index >= 15 is 0 Å². The molecule has 1 rings (SSSR count). The van der Waals surface area contributed by atoms with Crippen LogP contribution in [0.25, 0.3) is 0 Å². The lowest BCUT2D eigenvalue weighted by atomic mass is 10.3. The van der Waals surface area contributed by atoms with Crippen LogP contribution in [0.5, 0.6) is 0 Å². The SMILES string of the molecule is CNC(C)c1nncn1C(C)C. The van der Waals surface area contributed by atoms with E-state index in [0.29, 0.717) is 6.04 Å². The fraction of sp³-hybridized carbons (Fsp3) is 0.750. The fourth-order valence-electron chi connectivity index (χ4n) is 1.09. The summed E-state index contributed by atoms with van der Waals surface area (Å²) in [5.41, 5.74) is 0. The predicted molar refractivity (Wildman–Crippen MR) is 47.9 cm³/mol. The normalized spacial score (nSPS) is 13.8. The van der Waals surface area contributed by atoms with Gasteiger partial charge in [-0.25, -0.2) is 0 Å². The molecular formula is C8H16N4. The minimum atomic E-state index is 0.259. The number of aromatic nitrogens is 3. The third-order valence-corrected chi connectivity index (χ3v) is 1.98. The Morgan fingerprint density at radius 2 is 2.08 bits per heavy atom. The van der Waals surface area contributed by atoms with Gasteiger partial charge in [0, 0.05) is 6.04 Å². The van der Waals surface area contributed by atoms with Crippen LogP contribution in [0.2, 0.25) is 0 Å². The molecule has 0 radical (unpaired) electrons. The van der Waals surface area contributed by atoms with E-state index in [4.69, 9.17) is 0 Å². The first kappa shape index (κ1) is 9.19. The summed E-state index contributed by atoms with van der Waals surface area (Å²) < 4.78 is 2.07. The molecule has 12 heavy (non-hydrogen) atoms. The van der Waals surface area contributed by atoms with Crippen LogP contribution in [0.15, 0.2) is 6.33 Å². The van der Waals surface area contributed by atoms with Crippen LogP contribution < -0.4 is 5.32 Å². The highest BCUT2D eigenvalue weighted by molar-refractivity contribution is 4.93. The van der Waals surface area contributed by atoms with Gasteiger partial charge in [0.2, 0.25) is 0 Å². The molecule has 0 saturated carbocycles. The Balaban J connectivity index is 2.91. The van der Waals surface area contributed by atoms with Crippen LogP contribution in [0, 0.1) is 0 Å². The number of hydrogen-bond acceptors (Lipinski definition) is 3. The fourth-order valence-corrected chi connectivity index (χ4v) is 1.09. The van der Waals surface area contributed by atoms with Crippen LogP contribution in [0.4, 0.5) is 0 Å². The Hall–Kier alpha value is -0.900. The Morgan fingerprint density at radius 1 is 1.42 bits per heavy atom. The van der Waals surface area contributed by atoms with Crippen molar-refractivity contribution in [3.8, 4) is 0 Å². The molecule has 0 amide bonds. The topological polar surface area (TPSA) is 42.7 Å². The second-order valence-electron chi connectivity index (χ2n) is 3.20. The van der Waals surface area contributed by atoms with Crippen molar-refractivity contribution < 1.29 is 0 Å². The van der Waals surface area contributed by atoms with Crippen molar-refractivity contribution in [3.63, 3.8) is 0 Å². The van der Waals surface area contributed by atoms with Crippen molar-refractivity contribution in [1.29, 1.82) is 0 Å². The van der Waals surface area contributed by atoms with Gasteiger partial charge in [0.25, 0.3) is 0 Å². The van der Waals surface area contributed by atoms with Crippen LogP contribution in [-0.2, 0) is 0 Å². The van der Waals surface area contributed by atoms with Crippen molar-refractivity contribution in [2.24, 2.45) is 0 Å². The second-order valence-corrected chi connectivity index (χ2v) is 3.20. The summed E-state index contributed by atoms with van der Waals surface area (Å²) in [5.74, 6) is 0.993. The van der Waals surface area contributed by atoms with Crippen molar-refractivity contribution in [2.75, 3.05) is 7.05 Å². The van der Waals surface area contributed by atoms with Gasteiger partial charge >= 0.3 is 0 Å². The molecule has 68 valence electrons. The molecule has 1 N–H and O–H groups in total. The molecule has 0 aliphatic rings. The molecule has 1 aromatic heterocycles. The molecule has 0 fully saturated rings. The molecule has 0 saturated heterocycles.